The molecule has 0 saturated carbocycles. The van der Waals surface area contributed by atoms with Gasteiger partial charge in [0, 0.05) is 17.3 Å². The molecule has 32 heavy (non-hydrogen) atoms. The van der Waals surface area contributed by atoms with Crippen molar-refractivity contribution in [3.05, 3.63) is 66.1 Å². The molecule has 1 unspecified atom stereocenters. The standard InChI is InChI=1S/C22H21N5O4S/c1-13-19-18(11-30-13)27(21-20(19)24-12-25-22(21)23)15-6-8-16(9-7-15)31-17-5-3-4-14(10-17)26-32(2,28)29/h3-10,12-13,26H,11H2,1-2H3,(H2,23,24,25). The van der Waals surface area contributed by atoms with Gasteiger partial charge in [0.1, 0.15) is 28.9 Å². The quantitative estimate of drug-likeness (QED) is 0.474. The minimum atomic E-state index is -3.37. The molecule has 0 spiro atoms. The number of hydrogen-bond acceptors (Lipinski definition) is 7. The highest BCUT2D eigenvalue weighted by Crippen LogP contribution is 2.40. The van der Waals surface area contributed by atoms with Crippen LogP contribution < -0.4 is 15.2 Å². The first-order chi connectivity index (χ1) is 15.3. The molecule has 3 heterocycles. The van der Waals surface area contributed by atoms with Gasteiger partial charge in [0.25, 0.3) is 0 Å². The number of anilines is 2. The van der Waals surface area contributed by atoms with Crippen molar-refractivity contribution in [2.75, 3.05) is 16.7 Å². The smallest absolute Gasteiger partial charge is 0.229 e. The maximum absolute atomic E-state index is 11.5. The molecule has 10 heteroatoms. The van der Waals surface area contributed by atoms with Crippen LogP contribution in [0.5, 0.6) is 11.5 Å². The van der Waals surface area contributed by atoms with Crippen LogP contribution in [0.1, 0.15) is 24.3 Å². The summed E-state index contributed by atoms with van der Waals surface area (Å²) >= 11 is 0. The SMILES string of the molecule is CC1OCc2c1c1ncnc(N)c1n2-c1ccc(Oc2cccc(NS(C)(=O)=O)c2)cc1. The second-order valence-corrected chi connectivity index (χ2v) is 9.35. The molecule has 4 aromatic rings. The van der Waals surface area contributed by atoms with Gasteiger partial charge in [0.2, 0.25) is 10.0 Å². The van der Waals surface area contributed by atoms with E-state index in [4.69, 9.17) is 15.2 Å². The Morgan fingerprint density at radius 3 is 2.69 bits per heavy atom. The van der Waals surface area contributed by atoms with E-state index in [1.54, 1.807) is 24.3 Å². The van der Waals surface area contributed by atoms with Crippen LogP contribution in [0.4, 0.5) is 11.5 Å². The van der Waals surface area contributed by atoms with Crippen LogP contribution in [0.3, 0.4) is 0 Å². The van der Waals surface area contributed by atoms with Crippen LogP contribution in [0, 0.1) is 0 Å². The van der Waals surface area contributed by atoms with E-state index in [1.165, 1.54) is 6.33 Å². The monoisotopic (exact) mass is 451 g/mol. The zero-order valence-electron chi connectivity index (χ0n) is 17.4. The molecular formula is C22H21N5O4S. The highest BCUT2D eigenvalue weighted by molar-refractivity contribution is 7.92. The van der Waals surface area contributed by atoms with Crippen LogP contribution in [0.2, 0.25) is 0 Å². The molecule has 2 aromatic heterocycles. The number of nitrogen functional groups attached to an aromatic ring is 1. The molecule has 0 radical (unpaired) electrons. The lowest BCUT2D eigenvalue weighted by Gasteiger charge is -2.12. The van der Waals surface area contributed by atoms with E-state index < -0.39 is 10.0 Å². The average Bonchev–Trinajstić information content (AvgIpc) is 3.27. The minimum Gasteiger partial charge on any atom is -0.457 e. The van der Waals surface area contributed by atoms with E-state index in [2.05, 4.69) is 14.7 Å². The Hall–Kier alpha value is -3.63. The number of fused-ring (bicyclic) bond motifs is 3. The number of hydrogen-bond donors (Lipinski definition) is 2. The number of rotatable bonds is 5. The first kappa shape index (κ1) is 20.3. The molecule has 0 aliphatic carbocycles. The fourth-order valence-electron chi connectivity index (χ4n) is 3.98. The lowest BCUT2D eigenvalue weighted by molar-refractivity contribution is 0.0783. The second-order valence-electron chi connectivity index (χ2n) is 7.60. The summed E-state index contributed by atoms with van der Waals surface area (Å²) in [6.45, 7) is 2.46. The number of ether oxygens (including phenoxy) is 2. The molecule has 3 N–H and O–H groups in total. The molecule has 164 valence electrons. The largest absolute Gasteiger partial charge is 0.457 e. The Morgan fingerprint density at radius 2 is 1.94 bits per heavy atom. The van der Waals surface area contributed by atoms with Crippen molar-refractivity contribution in [2.45, 2.75) is 19.6 Å². The van der Waals surface area contributed by atoms with Crippen molar-refractivity contribution >= 4 is 32.6 Å². The number of aromatic nitrogens is 3. The number of sulfonamides is 1. The highest BCUT2D eigenvalue weighted by Gasteiger charge is 2.30. The average molecular weight is 452 g/mol. The van der Waals surface area contributed by atoms with E-state index in [9.17, 15) is 8.42 Å². The summed E-state index contributed by atoms with van der Waals surface area (Å²) in [5.41, 5.74) is 11.1. The van der Waals surface area contributed by atoms with E-state index in [-0.39, 0.29) is 6.10 Å². The maximum atomic E-state index is 11.5. The normalized spacial score (nSPS) is 15.6. The lowest BCUT2D eigenvalue weighted by atomic mass is 10.1. The first-order valence-electron chi connectivity index (χ1n) is 9.91. The van der Waals surface area contributed by atoms with Gasteiger partial charge < -0.3 is 19.8 Å². The van der Waals surface area contributed by atoms with E-state index in [1.807, 2.05) is 35.8 Å². The third-order valence-electron chi connectivity index (χ3n) is 5.25. The Morgan fingerprint density at radius 1 is 1.16 bits per heavy atom. The summed E-state index contributed by atoms with van der Waals surface area (Å²) in [7, 11) is -3.37. The molecule has 2 aromatic carbocycles. The predicted octanol–water partition coefficient (Wildman–Crippen LogP) is 3.76. The molecule has 1 aliphatic heterocycles. The Balaban J connectivity index is 1.48. The van der Waals surface area contributed by atoms with Gasteiger partial charge in [0.05, 0.1) is 30.3 Å². The number of nitrogens with zero attached hydrogens (tertiary/aromatic N) is 3. The van der Waals surface area contributed by atoms with Gasteiger partial charge in [-0.05, 0) is 43.3 Å². The molecule has 5 rings (SSSR count). The molecule has 1 aliphatic rings. The van der Waals surface area contributed by atoms with Gasteiger partial charge >= 0.3 is 0 Å². The number of nitrogens with two attached hydrogens (primary N) is 1. The van der Waals surface area contributed by atoms with Crippen molar-refractivity contribution in [1.82, 2.24) is 14.5 Å². The number of nitrogens with one attached hydrogen (secondary N) is 1. The third-order valence-corrected chi connectivity index (χ3v) is 5.86. The molecule has 0 amide bonds. The fourth-order valence-corrected chi connectivity index (χ4v) is 4.54. The van der Waals surface area contributed by atoms with Crippen molar-refractivity contribution in [3.63, 3.8) is 0 Å². The van der Waals surface area contributed by atoms with Crippen molar-refractivity contribution < 1.29 is 17.9 Å². The first-order valence-corrected chi connectivity index (χ1v) is 11.8. The van der Waals surface area contributed by atoms with Crippen LogP contribution >= 0.6 is 0 Å². The summed E-state index contributed by atoms with van der Waals surface area (Å²) in [6, 6.07) is 14.3. The highest BCUT2D eigenvalue weighted by atomic mass is 32.2. The zero-order chi connectivity index (χ0) is 22.5. The van der Waals surface area contributed by atoms with Gasteiger partial charge in [-0.15, -0.1) is 0 Å². The summed E-state index contributed by atoms with van der Waals surface area (Å²) in [5, 5.41) is 0. The van der Waals surface area contributed by atoms with E-state index in [0.29, 0.717) is 29.6 Å². The van der Waals surface area contributed by atoms with E-state index in [0.717, 1.165) is 34.2 Å². The Labute approximate surface area is 184 Å². The van der Waals surface area contributed by atoms with Gasteiger partial charge in [-0.3, -0.25) is 4.72 Å². The second kappa shape index (κ2) is 7.50. The molecule has 9 nitrogen and oxygen atoms in total. The maximum Gasteiger partial charge on any atom is 0.229 e. The van der Waals surface area contributed by atoms with E-state index >= 15 is 0 Å². The van der Waals surface area contributed by atoms with Gasteiger partial charge in [-0.2, -0.15) is 0 Å². The molecule has 0 fully saturated rings. The van der Waals surface area contributed by atoms with Gasteiger partial charge in [0.15, 0.2) is 5.82 Å². The molecule has 0 bridgehead atoms. The number of benzene rings is 2. The molecule has 0 saturated heterocycles. The van der Waals surface area contributed by atoms with Crippen molar-refractivity contribution in [3.8, 4) is 17.2 Å². The van der Waals surface area contributed by atoms with Gasteiger partial charge in [-0.25, -0.2) is 18.4 Å². The van der Waals surface area contributed by atoms with Crippen LogP contribution in [-0.4, -0.2) is 29.2 Å². The molecular weight excluding hydrogens is 430 g/mol. The fraction of sp³-hybridized carbons (Fsp3) is 0.182. The zero-order valence-corrected chi connectivity index (χ0v) is 18.3. The van der Waals surface area contributed by atoms with Crippen molar-refractivity contribution in [1.29, 1.82) is 0 Å². The van der Waals surface area contributed by atoms with Crippen molar-refractivity contribution in [2.24, 2.45) is 0 Å². The Bertz CT molecular complexity index is 1430. The minimum absolute atomic E-state index is 0.0709. The molecule has 1 atom stereocenters. The Kier molecular flexibility index (Phi) is 4.75. The summed E-state index contributed by atoms with van der Waals surface area (Å²) in [6.07, 6.45) is 2.50. The predicted molar refractivity (Wildman–Crippen MR) is 121 cm³/mol. The summed E-state index contributed by atoms with van der Waals surface area (Å²) in [4.78, 5) is 8.62. The van der Waals surface area contributed by atoms with Crippen LogP contribution in [-0.2, 0) is 21.4 Å². The van der Waals surface area contributed by atoms with Gasteiger partial charge in [-0.1, -0.05) is 6.07 Å². The third kappa shape index (κ3) is 3.63. The summed E-state index contributed by atoms with van der Waals surface area (Å²) < 4.78 is 39.1. The van der Waals surface area contributed by atoms with Crippen LogP contribution in [0.15, 0.2) is 54.9 Å². The van der Waals surface area contributed by atoms with Crippen LogP contribution in [0.25, 0.3) is 16.7 Å². The summed E-state index contributed by atoms with van der Waals surface area (Å²) in [5.74, 6) is 1.53. The lowest BCUT2D eigenvalue weighted by Crippen LogP contribution is -2.09. The topological polar surface area (TPSA) is 121 Å².